The minimum Gasteiger partial charge on any atom is -0.380 e. The van der Waals surface area contributed by atoms with Gasteiger partial charge in [-0.1, -0.05) is 12.8 Å². The Morgan fingerprint density at radius 3 is 2.72 bits per heavy atom. The second-order valence-electron chi connectivity index (χ2n) is 5.94. The summed E-state index contributed by atoms with van der Waals surface area (Å²) >= 11 is 0. The topological polar surface area (TPSA) is 24.5 Å². The number of nitrogens with zero attached hydrogens (tertiary/aromatic N) is 1. The lowest BCUT2D eigenvalue weighted by atomic mass is 10.1. The Kier molecular flexibility index (Phi) is 6.46. The van der Waals surface area contributed by atoms with E-state index in [0.717, 1.165) is 12.6 Å². The van der Waals surface area contributed by atoms with Crippen LogP contribution in [0.5, 0.6) is 0 Å². The van der Waals surface area contributed by atoms with Crippen molar-refractivity contribution in [1.82, 2.24) is 10.2 Å². The van der Waals surface area contributed by atoms with Crippen LogP contribution in [0, 0.1) is 0 Å². The molecule has 1 saturated carbocycles. The van der Waals surface area contributed by atoms with E-state index in [1.807, 2.05) is 7.11 Å². The van der Waals surface area contributed by atoms with Gasteiger partial charge in [0.15, 0.2) is 0 Å². The van der Waals surface area contributed by atoms with Crippen LogP contribution in [0.25, 0.3) is 0 Å². The molecule has 3 heteroatoms. The van der Waals surface area contributed by atoms with E-state index < -0.39 is 0 Å². The standard InChI is InChI=1S/C15H30N2O/c1-18-15-7-6-12-17(13-15)11-5-3-2-4-10-16-14-8-9-14/h14-16H,2-13H2,1H3. The molecular formula is C15H30N2O. The zero-order chi connectivity index (χ0) is 12.6. The molecule has 1 aliphatic heterocycles. The minimum absolute atomic E-state index is 0.487. The molecule has 0 spiro atoms. The lowest BCUT2D eigenvalue weighted by Crippen LogP contribution is -2.39. The van der Waals surface area contributed by atoms with Crippen LogP contribution >= 0.6 is 0 Å². The van der Waals surface area contributed by atoms with Crippen molar-refractivity contribution in [2.75, 3.05) is 33.3 Å². The monoisotopic (exact) mass is 254 g/mol. The quantitative estimate of drug-likeness (QED) is 0.640. The van der Waals surface area contributed by atoms with Crippen molar-refractivity contribution >= 4 is 0 Å². The van der Waals surface area contributed by atoms with Gasteiger partial charge < -0.3 is 15.0 Å². The molecule has 0 bridgehead atoms. The third kappa shape index (κ3) is 5.68. The average Bonchev–Trinajstić information content (AvgIpc) is 3.22. The fourth-order valence-corrected chi connectivity index (χ4v) is 2.82. The van der Waals surface area contributed by atoms with E-state index in [1.165, 1.54) is 71.0 Å². The third-order valence-electron chi connectivity index (χ3n) is 4.21. The maximum absolute atomic E-state index is 5.46. The summed E-state index contributed by atoms with van der Waals surface area (Å²) in [5.74, 6) is 0. The summed E-state index contributed by atoms with van der Waals surface area (Å²) < 4.78 is 5.46. The van der Waals surface area contributed by atoms with Gasteiger partial charge in [-0.05, 0) is 58.2 Å². The molecule has 0 radical (unpaired) electrons. The van der Waals surface area contributed by atoms with Gasteiger partial charge in [0.25, 0.3) is 0 Å². The highest BCUT2D eigenvalue weighted by molar-refractivity contribution is 4.80. The van der Waals surface area contributed by atoms with E-state index in [2.05, 4.69) is 10.2 Å². The molecule has 1 atom stereocenters. The van der Waals surface area contributed by atoms with Gasteiger partial charge in [-0.15, -0.1) is 0 Å². The average molecular weight is 254 g/mol. The highest BCUT2D eigenvalue weighted by Gasteiger charge is 2.19. The number of hydrogen-bond acceptors (Lipinski definition) is 3. The summed E-state index contributed by atoms with van der Waals surface area (Å²) in [6.45, 7) is 4.94. The highest BCUT2D eigenvalue weighted by atomic mass is 16.5. The molecule has 2 rings (SSSR count). The molecule has 0 amide bonds. The van der Waals surface area contributed by atoms with Crippen molar-refractivity contribution in [3.8, 4) is 0 Å². The zero-order valence-corrected chi connectivity index (χ0v) is 12.0. The number of ether oxygens (including phenoxy) is 1. The zero-order valence-electron chi connectivity index (χ0n) is 12.0. The van der Waals surface area contributed by atoms with Gasteiger partial charge in [-0.3, -0.25) is 0 Å². The fourth-order valence-electron chi connectivity index (χ4n) is 2.82. The van der Waals surface area contributed by atoms with Crippen molar-refractivity contribution in [3.05, 3.63) is 0 Å². The number of rotatable bonds is 9. The van der Waals surface area contributed by atoms with Gasteiger partial charge in [0.05, 0.1) is 6.10 Å². The van der Waals surface area contributed by atoms with Crippen LogP contribution in [0.2, 0.25) is 0 Å². The molecule has 1 heterocycles. The summed E-state index contributed by atoms with van der Waals surface area (Å²) in [4.78, 5) is 2.58. The van der Waals surface area contributed by atoms with E-state index in [1.54, 1.807) is 0 Å². The first-order valence-corrected chi connectivity index (χ1v) is 7.87. The summed E-state index contributed by atoms with van der Waals surface area (Å²) in [5, 5.41) is 3.58. The first-order valence-electron chi connectivity index (χ1n) is 7.87. The number of piperidine rings is 1. The Bertz CT molecular complexity index is 219. The fraction of sp³-hybridized carbons (Fsp3) is 1.00. The first-order chi connectivity index (χ1) is 8.88. The molecular weight excluding hydrogens is 224 g/mol. The van der Waals surface area contributed by atoms with Crippen molar-refractivity contribution < 1.29 is 4.74 Å². The first kappa shape index (κ1) is 14.3. The Balaban J connectivity index is 1.39. The molecule has 1 unspecified atom stereocenters. The number of likely N-dealkylation sites (tertiary alicyclic amines) is 1. The third-order valence-corrected chi connectivity index (χ3v) is 4.21. The van der Waals surface area contributed by atoms with Crippen LogP contribution in [0.15, 0.2) is 0 Å². The number of hydrogen-bond donors (Lipinski definition) is 1. The highest BCUT2D eigenvalue weighted by Crippen LogP contribution is 2.18. The van der Waals surface area contributed by atoms with E-state index >= 15 is 0 Å². The number of methoxy groups -OCH3 is 1. The largest absolute Gasteiger partial charge is 0.380 e. The van der Waals surface area contributed by atoms with Crippen molar-refractivity contribution in [2.24, 2.45) is 0 Å². The number of unbranched alkanes of at least 4 members (excludes halogenated alkanes) is 3. The van der Waals surface area contributed by atoms with Gasteiger partial charge >= 0.3 is 0 Å². The minimum atomic E-state index is 0.487. The molecule has 0 aromatic carbocycles. The summed E-state index contributed by atoms with van der Waals surface area (Å²) in [6.07, 6.45) is 11.4. The van der Waals surface area contributed by atoms with Crippen molar-refractivity contribution in [1.29, 1.82) is 0 Å². The van der Waals surface area contributed by atoms with E-state index in [0.29, 0.717) is 6.10 Å². The molecule has 2 fully saturated rings. The van der Waals surface area contributed by atoms with Crippen molar-refractivity contribution in [3.63, 3.8) is 0 Å². The van der Waals surface area contributed by atoms with Crippen LogP contribution in [-0.4, -0.2) is 50.3 Å². The van der Waals surface area contributed by atoms with Gasteiger partial charge in [0.1, 0.15) is 0 Å². The SMILES string of the molecule is COC1CCCN(CCCCCCNC2CC2)C1. The predicted octanol–water partition coefficient (Wildman–Crippen LogP) is 2.41. The molecule has 2 aliphatic rings. The molecule has 1 aliphatic carbocycles. The Hall–Kier alpha value is -0.120. The van der Waals surface area contributed by atoms with E-state index in [-0.39, 0.29) is 0 Å². The van der Waals surface area contributed by atoms with Crippen LogP contribution in [0.4, 0.5) is 0 Å². The molecule has 0 aromatic heterocycles. The van der Waals surface area contributed by atoms with Gasteiger partial charge in [-0.25, -0.2) is 0 Å². The molecule has 3 nitrogen and oxygen atoms in total. The summed E-state index contributed by atoms with van der Waals surface area (Å²) in [7, 11) is 1.85. The van der Waals surface area contributed by atoms with E-state index in [4.69, 9.17) is 4.74 Å². The molecule has 106 valence electrons. The normalized spacial score (nSPS) is 25.5. The maximum atomic E-state index is 5.46. The second kappa shape index (κ2) is 8.13. The number of nitrogens with one attached hydrogen (secondary N) is 1. The van der Waals surface area contributed by atoms with Crippen LogP contribution < -0.4 is 5.32 Å². The molecule has 0 aromatic rings. The van der Waals surface area contributed by atoms with Crippen molar-refractivity contribution in [2.45, 2.75) is 63.5 Å². The summed E-state index contributed by atoms with van der Waals surface area (Å²) in [6, 6.07) is 0.879. The second-order valence-corrected chi connectivity index (χ2v) is 5.94. The van der Waals surface area contributed by atoms with Crippen LogP contribution in [-0.2, 0) is 4.74 Å². The Morgan fingerprint density at radius 2 is 1.94 bits per heavy atom. The lowest BCUT2D eigenvalue weighted by molar-refractivity contribution is 0.0309. The predicted molar refractivity (Wildman–Crippen MR) is 76.0 cm³/mol. The van der Waals surface area contributed by atoms with E-state index in [9.17, 15) is 0 Å². The van der Waals surface area contributed by atoms with Gasteiger partial charge in [-0.2, -0.15) is 0 Å². The molecule has 18 heavy (non-hydrogen) atoms. The molecule has 1 saturated heterocycles. The lowest BCUT2D eigenvalue weighted by Gasteiger charge is -2.31. The maximum Gasteiger partial charge on any atom is 0.0698 e. The van der Waals surface area contributed by atoms with Crippen LogP contribution in [0.3, 0.4) is 0 Å². The van der Waals surface area contributed by atoms with Crippen LogP contribution in [0.1, 0.15) is 51.4 Å². The van der Waals surface area contributed by atoms with Gasteiger partial charge in [0, 0.05) is 19.7 Å². The summed E-state index contributed by atoms with van der Waals surface area (Å²) in [5.41, 5.74) is 0. The smallest absolute Gasteiger partial charge is 0.0698 e. The molecule has 1 N–H and O–H groups in total. The Labute approximate surface area is 112 Å². The Morgan fingerprint density at radius 1 is 1.11 bits per heavy atom. The van der Waals surface area contributed by atoms with Gasteiger partial charge in [0.2, 0.25) is 0 Å².